The molecular formula is C40H36N8O20S3. The monoisotopic (exact) mass is 1040 g/mol. The number of aliphatic carboxylic acids is 1. The van der Waals surface area contributed by atoms with Gasteiger partial charge in [0.05, 0.1) is 43.7 Å². The molecule has 0 amide bonds. The fourth-order valence-electron chi connectivity index (χ4n) is 6.54. The number of H-pyrrole nitrogens is 1. The molecule has 0 fully saturated rings. The van der Waals surface area contributed by atoms with Gasteiger partial charge >= 0.3 is 11.9 Å². The van der Waals surface area contributed by atoms with E-state index < -0.39 is 122 Å². The van der Waals surface area contributed by atoms with Crippen molar-refractivity contribution in [3.05, 3.63) is 93.9 Å². The van der Waals surface area contributed by atoms with Gasteiger partial charge in [0.1, 0.15) is 73.6 Å². The molecule has 5 aromatic carbocycles. The van der Waals surface area contributed by atoms with Gasteiger partial charge in [-0.2, -0.15) is 25.3 Å². The lowest BCUT2D eigenvalue weighted by molar-refractivity contribution is -0.136. The Morgan fingerprint density at radius 1 is 0.648 bits per heavy atom. The van der Waals surface area contributed by atoms with Crippen LogP contribution in [0.25, 0.3) is 16.5 Å². The SMILES string of the molecule is COc1cc(S(=O)(=O)O)c(C)cc1N=Nc1cc(OCCO)c(N=Nc2c(S(=O)(=O)O)cc3c(S(=O)(=O)O)c(N=Nc4c(CC(=O)O)[nH]n(-c5ccc(C(=O)O)cc5)c4=O)ccc3c2O)cc1OCCO. The van der Waals surface area contributed by atoms with Crippen LogP contribution in [0.3, 0.4) is 0 Å². The number of phenolic OH excluding ortho intramolecular Hbond substituents is 1. The third kappa shape index (κ3) is 11.7. The van der Waals surface area contributed by atoms with Crippen molar-refractivity contribution >= 4 is 87.2 Å². The molecule has 0 atom stereocenters. The molecule has 0 saturated carbocycles. The maximum Gasteiger partial charge on any atom is 0.335 e. The highest BCUT2D eigenvalue weighted by Gasteiger charge is 2.29. The van der Waals surface area contributed by atoms with Crippen LogP contribution in [-0.4, -0.2) is 120 Å². The van der Waals surface area contributed by atoms with E-state index in [2.05, 4.69) is 35.8 Å². The predicted octanol–water partition coefficient (Wildman–Crippen LogP) is 5.40. The summed E-state index contributed by atoms with van der Waals surface area (Å²) in [5.74, 6) is -4.53. The number of aromatic amines is 1. The van der Waals surface area contributed by atoms with Gasteiger partial charge in [0.15, 0.2) is 11.4 Å². The van der Waals surface area contributed by atoms with Crippen LogP contribution in [0.2, 0.25) is 0 Å². The first kappa shape index (κ1) is 52.3. The van der Waals surface area contributed by atoms with Gasteiger partial charge in [0, 0.05) is 29.0 Å². The number of carbonyl (C=O) groups is 2. The van der Waals surface area contributed by atoms with Crippen molar-refractivity contribution in [2.75, 3.05) is 33.5 Å². The Labute approximate surface area is 398 Å². The Morgan fingerprint density at radius 3 is 1.69 bits per heavy atom. The third-order valence-corrected chi connectivity index (χ3v) is 12.4. The number of aromatic hydroxyl groups is 1. The van der Waals surface area contributed by atoms with Crippen molar-refractivity contribution in [1.82, 2.24) is 9.78 Å². The number of carboxylic acids is 2. The largest absolute Gasteiger partial charge is 0.505 e. The number of nitrogens with one attached hydrogen (secondary N) is 1. The van der Waals surface area contributed by atoms with Crippen LogP contribution in [0.1, 0.15) is 21.6 Å². The second-order valence-corrected chi connectivity index (χ2v) is 18.5. The first-order valence-electron chi connectivity index (χ1n) is 19.6. The number of hydrogen-bond donors (Lipinski definition) is 9. The molecule has 71 heavy (non-hydrogen) atoms. The molecule has 374 valence electrons. The fourth-order valence-corrected chi connectivity index (χ4v) is 8.73. The number of phenols is 1. The quantitative estimate of drug-likeness (QED) is 0.0341. The first-order valence-corrected chi connectivity index (χ1v) is 23.9. The zero-order valence-electron chi connectivity index (χ0n) is 36.2. The number of carboxylic acid groups (broad SMARTS) is 2. The van der Waals surface area contributed by atoms with Crippen LogP contribution in [0.5, 0.6) is 23.0 Å². The molecule has 0 aliphatic rings. The molecule has 0 saturated heterocycles. The van der Waals surface area contributed by atoms with Gasteiger partial charge in [-0.05, 0) is 61.0 Å². The predicted molar refractivity (Wildman–Crippen MR) is 242 cm³/mol. The number of aliphatic hydroxyl groups is 2. The second-order valence-electron chi connectivity index (χ2n) is 14.3. The summed E-state index contributed by atoms with van der Waals surface area (Å²) in [7, 11) is -14.5. The third-order valence-electron chi connectivity index (χ3n) is 9.61. The van der Waals surface area contributed by atoms with Crippen LogP contribution < -0.4 is 19.8 Å². The second kappa shape index (κ2) is 20.9. The lowest BCUT2D eigenvalue weighted by Gasteiger charge is -2.14. The average molecular weight is 1040 g/mol. The van der Waals surface area contributed by atoms with Gasteiger partial charge in [-0.1, -0.05) is 0 Å². The van der Waals surface area contributed by atoms with E-state index >= 15 is 0 Å². The molecule has 0 aliphatic carbocycles. The molecule has 1 aromatic heterocycles. The highest BCUT2D eigenvalue weighted by atomic mass is 32.2. The topological polar surface area (TPSA) is 438 Å². The molecule has 0 aliphatic heterocycles. The minimum atomic E-state index is -5.52. The van der Waals surface area contributed by atoms with Gasteiger partial charge < -0.3 is 39.7 Å². The van der Waals surface area contributed by atoms with Gasteiger partial charge in [-0.25, -0.2) is 9.48 Å². The number of aromatic carboxylic acids is 1. The number of benzene rings is 5. The van der Waals surface area contributed by atoms with Crippen molar-refractivity contribution in [2.45, 2.75) is 28.0 Å². The summed E-state index contributed by atoms with van der Waals surface area (Å²) in [6.07, 6.45) is -0.870. The van der Waals surface area contributed by atoms with Crippen LogP contribution in [0.15, 0.2) is 117 Å². The van der Waals surface area contributed by atoms with E-state index in [0.29, 0.717) is 6.07 Å². The van der Waals surface area contributed by atoms with E-state index in [1.54, 1.807) is 0 Å². The lowest BCUT2D eigenvalue weighted by Crippen LogP contribution is -2.14. The molecule has 6 aromatic rings. The Bertz CT molecular complexity index is 3610. The maximum absolute atomic E-state index is 13.5. The van der Waals surface area contributed by atoms with Gasteiger partial charge in [0.2, 0.25) is 0 Å². The van der Waals surface area contributed by atoms with Crippen molar-refractivity contribution in [3.8, 4) is 28.7 Å². The molecule has 1 heterocycles. The highest BCUT2D eigenvalue weighted by molar-refractivity contribution is 7.86. The average Bonchev–Trinajstić information content (AvgIpc) is 3.60. The molecule has 0 unspecified atom stereocenters. The van der Waals surface area contributed by atoms with Crippen LogP contribution in [0.4, 0.5) is 34.1 Å². The Kier molecular flexibility index (Phi) is 15.4. The number of aryl methyl sites for hydroxylation is 1. The summed E-state index contributed by atoms with van der Waals surface area (Å²) in [4.78, 5) is 33.5. The molecule has 0 spiro atoms. The van der Waals surface area contributed by atoms with E-state index in [4.69, 9.17) is 14.2 Å². The number of ether oxygens (including phenoxy) is 3. The van der Waals surface area contributed by atoms with Gasteiger partial charge in [-0.3, -0.25) is 28.3 Å². The minimum Gasteiger partial charge on any atom is -0.505 e. The molecule has 0 bridgehead atoms. The Balaban J connectivity index is 1.49. The van der Waals surface area contributed by atoms with E-state index in [9.17, 15) is 78.8 Å². The van der Waals surface area contributed by atoms with E-state index in [1.165, 1.54) is 32.2 Å². The zero-order valence-corrected chi connectivity index (χ0v) is 38.7. The fraction of sp³-hybridized carbons (Fsp3) is 0.175. The lowest BCUT2D eigenvalue weighted by atomic mass is 10.1. The number of nitrogens with zero attached hydrogens (tertiary/aromatic N) is 7. The maximum atomic E-state index is 13.5. The van der Waals surface area contributed by atoms with Gasteiger partial charge in [0.25, 0.3) is 35.9 Å². The smallest absolute Gasteiger partial charge is 0.335 e. The standard InChI is InChI=1S/C40H36N8O20S3/c1-19-13-25(29(66-2)18-32(19)69(57,58)59)42-43-26-15-31(68-12-10-50)27(16-30(26)67-11-9-49)44-46-36-33(70(60,61)62)14-23-22(37(36)53)7-8-24(38(23)71(63,64)65)41-45-35-28(17-34(51)52)47-48(39(35)54)21-5-3-20(4-6-21)40(55)56/h3-8,13-16,18,47,49-50,53H,9-12,17H2,1-2H3,(H,51,52)(H,55,56)(H,57,58,59)(H,60,61,62)(H,63,64,65). The summed E-state index contributed by atoms with van der Waals surface area (Å²) >= 11 is 0. The Morgan fingerprint density at radius 2 is 1.18 bits per heavy atom. The van der Waals surface area contributed by atoms with E-state index in [1.807, 2.05) is 0 Å². The van der Waals surface area contributed by atoms with Crippen LogP contribution in [-0.2, 0) is 41.6 Å². The number of fused-ring (bicyclic) bond motifs is 1. The molecule has 9 N–H and O–H groups in total. The number of aliphatic hydroxyl groups excluding tert-OH is 2. The van der Waals surface area contributed by atoms with Crippen molar-refractivity contribution in [1.29, 1.82) is 0 Å². The summed E-state index contributed by atoms with van der Waals surface area (Å²) in [6.45, 7) is -0.519. The molecular weight excluding hydrogens is 1010 g/mol. The van der Waals surface area contributed by atoms with Crippen molar-refractivity contribution in [3.63, 3.8) is 0 Å². The summed E-state index contributed by atoms with van der Waals surface area (Å²) in [6, 6.07) is 11.4. The normalized spacial score (nSPS) is 12.4. The number of hydrogen-bond acceptors (Lipinski definition) is 21. The summed E-state index contributed by atoms with van der Waals surface area (Å²) in [5, 5.41) is 73.9. The van der Waals surface area contributed by atoms with Gasteiger partial charge in [-0.15, -0.1) is 30.7 Å². The van der Waals surface area contributed by atoms with E-state index in [-0.39, 0.29) is 63.4 Å². The minimum absolute atomic E-state index is 0.0182. The number of rotatable bonds is 20. The van der Waals surface area contributed by atoms with Crippen LogP contribution >= 0.6 is 0 Å². The number of methoxy groups -OCH3 is 1. The summed E-state index contributed by atoms with van der Waals surface area (Å²) in [5.41, 5.74) is -4.58. The Hall–Kier alpha value is -8.04. The highest BCUT2D eigenvalue weighted by Crippen LogP contribution is 2.47. The van der Waals surface area contributed by atoms with Crippen molar-refractivity contribution in [2.24, 2.45) is 30.7 Å². The molecule has 31 heteroatoms. The molecule has 0 radical (unpaired) electrons. The number of aromatic nitrogens is 2. The van der Waals surface area contributed by atoms with Crippen LogP contribution in [0, 0.1) is 6.92 Å². The molecule has 28 nitrogen and oxygen atoms in total. The first-order chi connectivity index (χ1) is 33.4. The number of azo groups is 3. The molecule has 6 rings (SSSR count). The zero-order chi connectivity index (χ0) is 52.2. The van der Waals surface area contributed by atoms with Crippen molar-refractivity contribution < 1.29 is 88.2 Å². The van der Waals surface area contributed by atoms with E-state index in [0.717, 1.165) is 47.1 Å². The summed E-state index contributed by atoms with van der Waals surface area (Å²) < 4.78 is 123.